The van der Waals surface area contributed by atoms with Gasteiger partial charge in [0, 0.05) is 24.9 Å². The summed E-state index contributed by atoms with van der Waals surface area (Å²) in [4.78, 5) is 22.4. The molecule has 4 atom stereocenters. The van der Waals surface area contributed by atoms with Crippen molar-refractivity contribution in [1.29, 1.82) is 0 Å². The molecule has 3 heterocycles. The van der Waals surface area contributed by atoms with Crippen molar-refractivity contribution in [3.05, 3.63) is 71.9 Å². The number of nitrogens with one attached hydrogen (secondary N) is 1. The first kappa shape index (κ1) is 37.5. The van der Waals surface area contributed by atoms with Gasteiger partial charge in [-0.1, -0.05) is 85.7 Å². The molecule has 0 spiro atoms. The normalized spacial score (nSPS) is 23.9. The highest BCUT2D eigenvalue weighted by Crippen LogP contribution is 2.49. The molecular formula is C34H51N5O7SSi2. The third kappa shape index (κ3) is 7.92. The monoisotopic (exact) mass is 729 g/mol. The number of ketones is 1. The summed E-state index contributed by atoms with van der Waals surface area (Å²) in [6.07, 6.45) is 4.52. The molecule has 12 nitrogen and oxygen atoms in total. The summed E-state index contributed by atoms with van der Waals surface area (Å²) in [5.41, 5.74) is 1.96. The lowest BCUT2D eigenvalue weighted by atomic mass is 10.1. The van der Waals surface area contributed by atoms with E-state index in [1.54, 1.807) is 16.9 Å². The third-order valence-corrected chi connectivity index (χ3v) is 20.6. The molecule has 2 fully saturated rings. The lowest BCUT2D eigenvalue weighted by Gasteiger charge is -2.51. The quantitative estimate of drug-likeness (QED) is 0.132. The number of anilines is 1. The zero-order valence-electron chi connectivity index (χ0n) is 30.0. The van der Waals surface area contributed by atoms with E-state index < -0.39 is 45.5 Å². The maximum absolute atomic E-state index is 13.8. The van der Waals surface area contributed by atoms with Crippen LogP contribution in [0.3, 0.4) is 0 Å². The van der Waals surface area contributed by atoms with E-state index in [1.165, 1.54) is 12.5 Å². The number of carbonyl (C=O) groups excluding carboxylic acids is 1. The van der Waals surface area contributed by atoms with Crippen LogP contribution in [0.4, 0.5) is 5.82 Å². The van der Waals surface area contributed by atoms with Crippen molar-refractivity contribution in [3.63, 3.8) is 0 Å². The van der Waals surface area contributed by atoms with Crippen LogP contribution in [-0.4, -0.2) is 82.2 Å². The van der Waals surface area contributed by atoms with Crippen molar-refractivity contribution in [2.45, 2.75) is 109 Å². The Balaban J connectivity index is 1.49. The minimum atomic E-state index is -3.91. The Morgan fingerprint density at radius 2 is 1.65 bits per heavy atom. The molecule has 1 aliphatic carbocycles. The molecule has 0 amide bonds. The van der Waals surface area contributed by atoms with Gasteiger partial charge in [0.2, 0.25) is 5.78 Å². The highest BCUT2D eigenvalue weighted by Gasteiger charge is 2.61. The summed E-state index contributed by atoms with van der Waals surface area (Å²) in [7, 11) is -9.78. The molecule has 3 aromatic rings. The SMILES string of the molecule is CC(C)[Si]1(C(C)C)OC[C@H]2C[C@@H](Nc3ncncc3C(=O)c3ccn(Cc4ccccc4)n3)[C@H](OS(C)(=O)=O)[C@@H]2O[Si](C(C)C)(C(C)C)O1. The molecule has 1 aliphatic heterocycles. The summed E-state index contributed by atoms with van der Waals surface area (Å²) >= 11 is 0. The van der Waals surface area contributed by atoms with Crippen LogP contribution in [0.1, 0.15) is 83.4 Å². The predicted molar refractivity (Wildman–Crippen MR) is 192 cm³/mol. The second kappa shape index (κ2) is 14.8. The van der Waals surface area contributed by atoms with Gasteiger partial charge in [-0.25, -0.2) is 9.97 Å². The summed E-state index contributed by atoms with van der Waals surface area (Å²) < 4.78 is 54.6. The number of hydrogen-bond donors (Lipinski definition) is 1. The fourth-order valence-corrected chi connectivity index (χ4v) is 19.3. The van der Waals surface area contributed by atoms with Gasteiger partial charge in [0.15, 0.2) is 0 Å². The zero-order valence-corrected chi connectivity index (χ0v) is 32.8. The van der Waals surface area contributed by atoms with Crippen LogP contribution in [0.15, 0.2) is 55.1 Å². The summed E-state index contributed by atoms with van der Waals surface area (Å²) in [5.74, 6) is -0.291. The lowest BCUT2D eigenvalue weighted by molar-refractivity contribution is -0.00773. The number of carbonyl (C=O) groups is 1. The van der Waals surface area contributed by atoms with Crippen molar-refractivity contribution in [2.24, 2.45) is 5.92 Å². The second-order valence-corrected chi connectivity index (χ2v) is 25.0. The molecule has 49 heavy (non-hydrogen) atoms. The van der Waals surface area contributed by atoms with Crippen molar-refractivity contribution in [1.82, 2.24) is 19.7 Å². The topological polar surface area (TPSA) is 144 Å². The standard InChI is InChI=1S/C34H51N5O7SSi2/c1-22(2)48(23(3)4)43-20-27-17-30(33(44-47(9,41)42)32(27)45-49(46-48,24(5)6)25(7)8)37-34-28(18-35-21-36-34)31(40)29-15-16-39(38-29)19-26-13-11-10-12-14-26/h10-16,18,21-25,27,30,32-33H,17,19-20H2,1-9H3,(H,35,36,37)/t27-,30-,32-,33+/m1/s1. The fourth-order valence-electron chi connectivity index (χ4n) is 7.31. The lowest BCUT2D eigenvalue weighted by Crippen LogP contribution is -2.65. The van der Waals surface area contributed by atoms with E-state index in [1.807, 2.05) is 30.3 Å². The highest BCUT2D eigenvalue weighted by atomic mass is 32.2. The summed E-state index contributed by atoms with van der Waals surface area (Å²) in [5, 5.41) is 7.91. The smallest absolute Gasteiger partial charge is 0.335 e. The first-order valence-corrected chi connectivity index (χ1v) is 22.9. The van der Waals surface area contributed by atoms with E-state index in [4.69, 9.17) is 17.2 Å². The average Bonchev–Trinajstić information content (AvgIpc) is 3.60. The van der Waals surface area contributed by atoms with Crippen molar-refractivity contribution < 1.29 is 30.4 Å². The van der Waals surface area contributed by atoms with Gasteiger partial charge < -0.3 is 18.3 Å². The largest absolute Gasteiger partial charge is 0.414 e. The van der Waals surface area contributed by atoms with Gasteiger partial charge in [-0.2, -0.15) is 13.5 Å². The van der Waals surface area contributed by atoms with E-state index in [-0.39, 0.29) is 50.9 Å². The Hall–Kier alpha value is -2.80. The maximum Gasteiger partial charge on any atom is 0.335 e. The molecule has 2 aliphatic rings. The number of benzene rings is 1. The Kier molecular flexibility index (Phi) is 11.3. The molecule has 1 saturated carbocycles. The van der Waals surface area contributed by atoms with Crippen molar-refractivity contribution in [3.8, 4) is 0 Å². The molecule has 268 valence electrons. The van der Waals surface area contributed by atoms with E-state index >= 15 is 0 Å². The van der Waals surface area contributed by atoms with Crippen LogP contribution in [0, 0.1) is 5.92 Å². The van der Waals surface area contributed by atoms with Gasteiger partial charge >= 0.3 is 17.1 Å². The molecule has 1 N–H and O–H groups in total. The molecule has 0 unspecified atom stereocenters. The first-order chi connectivity index (χ1) is 23.1. The molecule has 1 saturated heterocycles. The summed E-state index contributed by atoms with van der Waals surface area (Å²) in [6.45, 7) is 18.0. The van der Waals surface area contributed by atoms with Gasteiger partial charge in [-0.15, -0.1) is 0 Å². The van der Waals surface area contributed by atoms with Crippen LogP contribution in [0.25, 0.3) is 0 Å². The number of hydrogen-bond acceptors (Lipinski definition) is 11. The van der Waals surface area contributed by atoms with E-state index in [2.05, 4.69) is 75.8 Å². The molecule has 5 rings (SSSR count). The minimum absolute atomic E-state index is 0.0536. The number of aromatic nitrogens is 4. The van der Waals surface area contributed by atoms with Crippen molar-refractivity contribution >= 4 is 38.8 Å². The molecule has 0 radical (unpaired) electrons. The number of nitrogens with zero attached hydrogens (tertiary/aromatic N) is 4. The van der Waals surface area contributed by atoms with Gasteiger partial charge in [0.1, 0.15) is 23.9 Å². The van der Waals surface area contributed by atoms with Crippen LogP contribution in [0.5, 0.6) is 0 Å². The zero-order chi connectivity index (χ0) is 35.7. The van der Waals surface area contributed by atoms with E-state index in [0.717, 1.165) is 11.8 Å². The van der Waals surface area contributed by atoms with Gasteiger partial charge in [-0.05, 0) is 40.2 Å². The molecule has 15 heteroatoms. The van der Waals surface area contributed by atoms with Crippen molar-refractivity contribution in [2.75, 3.05) is 18.2 Å². The van der Waals surface area contributed by atoms with Crippen LogP contribution in [0.2, 0.25) is 22.2 Å². The Bertz CT molecular complexity index is 1690. The number of fused-ring (bicyclic) bond motifs is 1. The van der Waals surface area contributed by atoms with E-state index in [0.29, 0.717) is 19.6 Å². The second-order valence-electron chi connectivity index (χ2n) is 14.6. The minimum Gasteiger partial charge on any atom is -0.414 e. The Morgan fingerprint density at radius 3 is 2.27 bits per heavy atom. The van der Waals surface area contributed by atoms with Gasteiger partial charge in [-0.3, -0.25) is 13.7 Å². The molecular weight excluding hydrogens is 679 g/mol. The first-order valence-electron chi connectivity index (χ1n) is 17.1. The predicted octanol–water partition coefficient (Wildman–Crippen LogP) is 6.05. The van der Waals surface area contributed by atoms with Crippen LogP contribution >= 0.6 is 0 Å². The number of rotatable bonds is 12. The average molecular weight is 730 g/mol. The van der Waals surface area contributed by atoms with Crippen LogP contribution < -0.4 is 5.32 Å². The van der Waals surface area contributed by atoms with Gasteiger partial charge in [0.05, 0.1) is 30.5 Å². The molecule has 0 bridgehead atoms. The highest BCUT2D eigenvalue weighted by molar-refractivity contribution is 7.86. The third-order valence-electron chi connectivity index (χ3n) is 9.75. The summed E-state index contributed by atoms with van der Waals surface area (Å²) in [6, 6.07) is 10.9. The Labute approximate surface area is 292 Å². The molecule has 1 aromatic carbocycles. The van der Waals surface area contributed by atoms with E-state index in [9.17, 15) is 13.2 Å². The van der Waals surface area contributed by atoms with Crippen LogP contribution in [-0.2, 0) is 33.8 Å². The fraction of sp³-hybridized carbons (Fsp3) is 0.588. The molecule has 2 aromatic heterocycles. The van der Waals surface area contributed by atoms with Gasteiger partial charge in [0.25, 0.3) is 10.1 Å². The maximum atomic E-state index is 13.8. The Morgan fingerprint density at radius 1 is 1.00 bits per heavy atom.